The van der Waals surface area contributed by atoms with Crippen LogP contribution in [0.1, 0.15) is 43.7 Å². The number of nitrogens with one attached hydrogen (secondary N) is 2. The lowest BCUT2D eigenvalue weighted by molar-refractivity contribution is 0.597. The van der Waals surface area contributed by atoms with Gasteiger partial charge < -0.3 is 10.7 Å². The molecule has 3 nitrogen and oxygen atoms in total. The van der Waals surface area contributed by atoms with Crippen molar-refractivity contribution in [1.82, 2.24) is 10.7 Å². The molecule has 0 atom stereocenters. The summed E-state index contributed by atoms with van der Waals surface area (Å²) in [6.45, 7) is 3.95. The normalized spacial score (nSPS) is 15.9. The summed E-state index contributed by atoms with van der Waals surface area (Å²) in [5.41, 5.74) is 4.80. The van der Waals surface area contributed by atoms with Crippen LogP contribution in [-0.4, -0.2) is 6.04 Å². The zero-order valence-corrected chi connectivity index (χ0v) is 10.8. The number of benzene rings is 1. The van der Waals surface area contributed by atoms with Crippen LogP contribution in [0.15, 0.2) is 24.4 Å². The summed E-state index contributed by atoms with van der Waals surface area (Å²) in [6, 6.07) is 5.78. The minimum Gasteiger partial charge on any atom is -0.386 e. The van der Waals surface area contributed by atoms with Crippen LogP contribution < -0.4 is 16.6 Å². The minimum absolute atomic E-state index is 0.182. The molecule has 0 heterocycles. The molecule has 4 heteroatoms. The smallest absolute Gasteiger partial charge is 0.127 e. The van der Waals surface area contributed by atoms with Crippen LogP contribution in [0.5, 0.6) is 0 Å². The van der Waals surface area contributed by atoms with E-state index in [1.54, 1.807) is 0 Å². The van der Waals surface area contributed by atoms with Crippen LogP contribution in [0.4, 0.5) is 4.39 Å². The minimum atomic E-state index is -0.185. The molecule has 0 saturated heterocycles. The summed E-state index contributed by atoms with van der Waals surface area (Å²) in [5.74, 6) is 5.48. The van der Waals surface area contributed by atoms with Crippen LogP contribution in [0.3, 0.4) is 0 Å². The molecule has 0 amide bonds. The lowest BCUT2D eigenvalue weighted by Crippen LogP contribution is -2.23. The Bertz CT molecular complexity index is 450. The van der Waals surface area contributed by atoms with E-state index in [1.165, 1.54) is 18.9 Å². The summed E-state index contributed by atoms with van der Waals surface area (Å²) in [7, 11) is 0. The molecule has 0 spiro atoms. The second-order valence-corrected chi connectivity index (χ2v) is 5.03. The molecule has 1 aromatic carbocycles. The third kappa shape index (κ3) is 3.01. The van der Waals surface area contributed by atoms with Crippen molar-refractivity contribution in [3.8, 4) is 0 Å². The van der Waals surface area contributed by atoms with E-state index < -0.39 is 0 Å². The molecule has 18 heavy (non-hydrogen) atoms. The number of rotatable bonds is 5. The average Bonchev–Trinajstić information content (AvgIpc) is 3.13. The Balaban J connectivity index is 2.19. The standard InChI is InChI=1S/C14H20FN3/c1-9(2)12-6-3-10(7-13(12)15)14(18-16)8-17-11-4-5-11/h3,6-9,11,17-18H,4-5,16H2,1-2H3/b14-8-. The van der Waals surface area contributed by atoms with E-state index >= 15 is 0 Å². The number of halogens is 1. The molecule has 1 saturated carbocycles. The van der Waals surface area contributed by atoms with Crippen LogP contribution in [0.2, 0.25) is 0 Å². The predicted molar refractivity (Wildman–Crippen MR) is 71.9 cm³/mol. The highest BCUT2D eigenvalue weighted by molar-refractivity contribution is 5.63. The summed E-state index contributed by atoms with van der Waals surface area (Å²) in [6.07, 6.45) is 4.20. The quantitative estimate of drug-likeness (QED) is 0.555. The van der Waals surface area contributed by atoms with Gasteiger partial charge in [0, 0.05) is 17.8 Å². The Labute approximate surface area is 107 Å². The lowest BCUT2D eigenvalue weighted by atomic mass is 10.00. The molecular formula is C14H20FN3. The van der Waals surface area contributed by atoms with E-state index in [0.717, 1.165) is 11.1 Å². The number of nitrogens with two attached hydrogens (primary N) is 1. The second kappa shape index (κ2) is 5.40. The van der Waals surface area contributed by atoms with Crippen molar-refractivity contribution in [2.24, 2.45) is 5.84 Å². The van der Waals surface area contributed by atoms with Gasteiger partial charge in [-0.3, -0.25) is 5.84 Å². The first-order valence-corrected chi connectivity index (χ1v) is 6.34. The molecule has 4 N–H and O–H groups in total. The van der Waals surface area contributed by atoms with Crippen molar-refractivity contribution in [1.29, 1.82) is 0 Å². The SMILES string of the molecule is CC(C)c1ccc(/C(=C/NC2CC2)NN)cc1F. The third-order valence-electron chi connectivity index (χ3n) is 3.13. The predicted octanol–water partition coefficient (Wildman–Crippen LogP) is 2.46. The fourth-order valence-corrected chi connectivity index (χ4v) is 1.82. The van der Waals surface area contributed by atoms with Gasteiger partial charge in [0.25, 0.3) is 0 Å². The van der Waals surface area contributed by atoms with E-state index in [2.05, 4.69) is 10.7 Å². The summed E-state index contributed by atoms with van der Waals surface area (Å²) in [4.78, 5) is 0. The van der Waals surface area contributed by atoms with Gasteiger partial charge in [0.2, 0.25) is 0 Å². The Kier molecular flexibility index (Phi) is 3.87. The molecule has 1 aliphatic rings. The van der Waals surface area contributed by atoms with Gasteiger partial charge >= 0.3 is 0 Å². The molecule has 98 valence electrons. The molecule has 2 rings (SSSR count). The number of hydrogen-bond acceptors (Lipinski definition) is 3. The van der Waals surface area contributed by atoms with E-state index in [1.807, 2.05) is 32.2 Å². The summed E-state index contributed by atoms with van der Waals surface area (Å²) >= 11 is 0. The van der Waals surface area contributed by atoms with Crippen molar-refractivity contribution in [3.05, 3.63) is 41.3 Å². The van der Waals surface area contributed by atoms with Crippen molar-refractivity contribution in [2.75, 3.05) is 0 Å². The molecule has 1 fully saturated rings. The van der Waals surface area contributed by atoms with E-state index in [-0.39, 0.29) is 11.7 Å². The van der Waals surface area contributed by atoms with Gasteiger partial charge in [0.1, 0.15) is 5.82 Å². The zero-order chi connectivity index (χ0) is 13.1. The molecule has 0 radical (unpaired) electrons. The van der Waals surface area contributed by atoms with E-state index in [9.17, 15) is 4.39 Å². The third-order valence-corrected chi connectivity index (χ3v) is 3.13. The number of hydrazine groups is 1. The molecule has 1 aromatic rings. The molecule has 0 aromatic heterocycles. The summed E-state index contributed by atoms with van der Waals surface area (Å²) < 4.78 is 13.9. The van der Waals surface area contributed by atoms with Crippen LogP contribution in [0, 0.1) is 5.82 Å². The Morgan fingerprint density at radius 1 is 1.44 bits per heavy atom. The van der Waals surface area contributed by atoms with Gasteiger partial charge in [-0.1, -0.05) is 26.0 Å². The molecule has 0 bridgehead atoms. The first-order valence-electron chi connectivity index (χ1n) is 6.34. The molecule has 1 aliphatic carbocycles. The van der Waals surface area contributed by atoms with E-state index in [0.29, 0.717) is 11.7 Å². The topological polar surface area (TPSA) is 50.1 Å². The van der Waals surface area contributed by atoms with Gasteiger partial charge in [-0.25, -0.2) is 4.39 Å². The first-order chi connectivity index (χ1) is 8.61. The van der Waals surface area contributed by atoms with Crippen molar-refractivity contribution < 1.29 is 4.39 Å². The van der Waals surface area contributed by atoms with Gasteiger partial charge in [0.15, 0.2) is 0 Å². The second-order valence-electron chi connectivity index (χ2n) is 5.03. The Morgan fingerprint density at radius 3 is 2.67 bits per heavy atom. The zero-order valence-electron chi connectivity index (χ0n) is 10.8. The summed E-state index contributed by atoms with van der Waals surface area (Å²) in [5, 5.41) is 3.24. The highest BCUT2D eigenvalue weighted by atomic mass is 19.1. The first kappa shape index (κ1) is 12.9. The highest BCUT2D eigenvalue weighted by Crippen LogP contribution is 2.23. The molecule has 0 aliphatic heterocycles. The largest absolute Gasteiger partial charge is 0.386 e. The van der Waals surface area contributed by atoms with Gasteiger partial charge in [-0.2, -0.15) is 0 Å². The van der Waals surface area contributed by atoms with Gasteiger partial charge in [0.05, 0.1) is 5.70 Å². The number of hydrogen-bond donors (Lipinski definition) is 3. The average molecular weight is 249 g/mol. The molecule has 0 unspecified atom stereocenters. The van der Waals surface area contributed by atoms with Crippen molar-refractivity contribution in [2.45, 2.75) is 38.6 Å². The van der Waals surface area contributed by atoms with Crippen LogP contribution >= 0.6 is 0 Å². The Hall–Kier alpha value is -1.55. The fraction of sp³-hybridized carbons (Fsp3) is 0.429. The monoisotopic (exact) mass is 249 g/mol. The van der Waals surface area contributed by atoms with Crippen LogP contribution in [-0.2, 0) is 0 Å². The van der Waals surface area contributed by atoms with Gasteiger partial charge in [-0.05, 0) is 30.4 Å². The fourth-order valence-electron chi connectivity index (χ4n) is 1.82. The maximum atomic E-state index is 13.9. The molecular weight excluding hydrogens is 229 g/mol. The maximum Gasteiger partial charge on any atom is 0.127 e. The van der Waals surface area contributed by atoms with Crippen molar-refractivity contribution >= 4 is 5.70 Å². The van der Waals surface area contributed by atoms with E-state index in [4.69, 9.17) is 5.84 Å². The maximum absolute atomic E-state index is 13.9. The Morgan fingerprint density at radius 2 is 2.17 bits per heavy atom. The lowest BCUT2D eigenvalue weighted by Gasteiger charge is -2.11. The van der Waals surface area contributed by atoms with Crippen LogP contribution in [0.25, 0.3) is 5.70 Å². The van der Waals surface area contributed by atoms with Crippen molar-refractivity contribution in [3.63, 3.8) is 0 Å². The highest BCUT2D eigenvalue weighted by Gasteiger charge is 2.19. The van der Waals surface area contributed by atoms with Gasteiger partial charge in [-0.15, -0.1) is 0 Å².